The molecule has 0 amide bonds. The molecular weight excluding hydrogens is 236 g/mol. The SMILES string of the molecule is COc1ncccc1C(C)N=C/C(=C\N)[N+](=O)[O-]. The summed E-state index contributed by atoms with van der Waals surface area (Å²) < 4.78 is 5.09. The number of rotatable bonds is 5. The Kier molecular flexibility index (Phi) is 4.79. The van der Waals surface area contributed by atoms with E-state index in [4.69, 9.17) is 10.5 Å². The summed E-state index contributed by atoms with van der Waals surface area (Å²) in [6, 6.07) is 3.23. The van der Waals surface area contributed by atoms with Crippen molar-refractivity contribution in [3.05, 3.63) is 45.9 Å². The summed E-state index contributed by atoms with van der Waals surface area (Å²) in [6.07, 6.45) is 3.62. The molecule has 2 N–H and O–H groups in total. The van der Waals surface area contributed by atoms with Crippen LogP contribution in [0.25, 0.3) is 0 Å². The number of allylic oxidation sites excluding steroid dienone is 1. The van der Waals surface area contributed by atoms with E-state index < -0.39 is 4.92 Å². The molecule has 7 nitrogen and oxygen atoms in total. The molecule has 0 spiro atoms. The number of hydrogen-bond acceptors (Lipinski definition) is 6. The lowest BCUT2D eigenvalue weighted by Crippen LogP contribution is -2.04. The number of aromatic nitrogens is 1. The average Bonchev–Trinajstić information content (AvgIpc) is 2.38. The standard InChI is InChI=1S/C11H14N4O3/c1-8(14-7-9(6-12)15(16)17)10-4-3-5-13-11(10)18-2/h3-8H,12H2,1-2H3/b9-6+,14-7?. The molecule has 0 saturated heterocycles. The zero-order chi connectivity index (χ0) is 13.5. The minimum absolute atomic E-state index is 0.260. The quantitative estimate of drug-likeness (QED) is 0.482. The van der Waals surface area contributed by atoms with Crippen LogP contribution in [-0.4, -0.2) is 23.2 Å². The largest absolute Gasteiger partial charge is 0.481 e. The maximum absolute atomic E-state index is 10.5. The van der Waals surface area contributed by atoms with Crippen molar-refractivity contribution in [2.75, 3.05) is 7.11 Å². The molecule has 0 bridgehead atoms. The van der Waals surface area contributed by atoms with Crippen LogP contribution in [0, 0.1) is 10.1 Å². The van der Waals surface area contributed by atoms with Gasteiger partial charge in [-0.1, -0.05) is 0 Å². The van der Waals surface area contributed by atoms with Crippen LogP contribution in [0.5, 0.6) is 5.88 Å². The van der Waals surface area contributed by atoms with Gasteiger partial charge in [-0.05, 0) is 19.1 Å². The first-order valence-electron chi connectivity index (χ1n) is 5.18. The molecule has 0 aliphatic heterocycles. The number of nitro groups is 1. The van der Waals surface area contributed by atoms with Gasteiger partial charge in [0.2, 0.25) is 5.88 Å². The lowest BCUT2D eigenvalue weighted by atomic mass is 10.1. The van der Waals surface area contributed by atoms with Gasteiger partial charge in [0.15, 0.2) is 0 Å². The fourth-order valence-electron chi connectivity index (χ4n) is 1.31. The van der Waals surface area contributed by atoms with E-state index in [9.17, 15) is 10.1 Å². The Bertz CT molecular complexity index is 485. The van der Waals surface area contributed by atoms with Crippen LogP contribution in [0.2, 0.25) is 0 Å². The third-order valence-electron chi connectivity index (χ3n) is 2.26. The van der Waals surface area contributed by atoms with Crippen LogP contribution in [0.3, 0.4) is 0 Å². The fraction of sp³-hybridized carbons (Fsp3) is 0.273. The maximum atomic E-state index is 10.5. The molecule has 1 rings (SSSR count). The van der Waals surface area contributed by atoms with Gasteiger partial charge in [0.25, 0.3) is 0 Å². The summed E-state index contributed by atoms with van der Waals surface area (Å²) in [5, 5.41) is 10.5. The van der Waals surface area contributed by atoms with Crippen LogP contribution in [0.1, 0.15) is 18.5 Å². The lowest BCUT2D eigenvalue weighted by Gasteiger charge is -2.09. The first kappa shape index (κ1) is 13.6. The molecule has 0 fully saturated rings. The zero-order valence-corrected chi connectivity index (χ0v) is 10.1. The van der Waals surface area contributed by atoms with Gasteiger partial charge in [-0.3, -0.25) is 15.1 Å². The first-order chi connectivity index (χ1) is 8.60. The smallest absolute Gasteiger partial charge is 0.302 e. The highest BCUT2D eigenvalue weighted by Crippen LogP contribution is 2.24. The number of hydrogen-bond donors (Lipinski definition) is 1. The van der Waals surface area contributed by atoms with E-state index in [2.05, 4.69) is 9.98 Å². The van der Waals surface area contributed by atoms with Gasteiger partial charge in [-0.2, -0.15) is 0 Å². The van der Waals surface area contributed by atoms with Crippen LogP contribution in [-0.2, 0) is 0 Å². The van der Waals surface area contributed by atoms with Crippen LogP contribution < -0.4 is 10.5 Å². The minimum Gasteiger partial charge on any atom is -0.481 e. The highest BCUT2D eigenvalue weighted by Gasteiger charge is 2.12. The molecule has 0 aliphatic rings. The van der Waals surface area contributed by atoms with Crippen molar-refractivity contribution in [1.29, 1.82) is 0 Å². The van der Waals surface area contributed by atoms with E-state index in [0.717, 1.165) is 18.0 Å². The van der Waals surface area contributed by atoms with Crippen molar-refractivity contribution in [3.8, 4) is 5.88 Å². The Morgan fingerprint density at radius 3 is 3.00 bits per heavy atom. The summed E-state index contributed by atoms with van der Waals surface area (Å²) in [5.74, 6) is 0.446. The molecular formula is C11H14N4O3. The molecule has 0 aliphatic carbocycles. The number of nitrogens with zero attached hydrogens (tertiary/aromatic N) is 3. The van der Waals surface area contributed by atoms with Crippen LogP contribution >= 0.6 is 0 Å². The molecule has 96 valence electrons. The molecule has 1 unspecified atom stereocenters. The van der Waals surface area contributed by atoms with Crippen molar-refractivity contribution >= 4 is 6.21 Å². The number of aliphatic imine (C=N–C) groups is 1. The third-order valence-corrected chi connectivity index (χ3v) is 2.26. The summed E-state index contributed by atoms with van der Waals surface area (Å²) >= 11 is 0. The second-order valence-electron chi connectivity index (χ2n) is 3.40. The number of methoxy groups -OCH3 is 1. The highest BCUT2D eigenvalue weighted by atomic mass is 16.6. The van der Waals surface area contributed by atoms with E-state index in [0.29, 0.717) is 5.88 Å². The normalized spacial score (nSPS) is 13.6. The summed E-state index contributed by atoms with van der Waals surface area (Å²) in [7, 11) is 1.50. The molecule has 0 aromatic carbocycles. The topological polar surface area (TPSA) is 104 Å². The summed E-state index contributed by atoms with van der Waals surface area (Å²) in [6.45, 7) is 1.78. The lowest BCUT2D eigenvalue weighted by molar-refractivity contribution is -0.414. The maximum Gasteiger partial charge on any atom is 0.302 e. The van der Waals surface area contributed by atoms with Crippen LogP contribution in [0.4, 0.5) is 0 Å². The minimum atomic E-state index is -0.601. The Balaban J connectivity index is 2.91. The predicted molar refractivity (Wildman–Crippen MR) is 67.0 cm³/mol. The van der Waals surface area contributed by atoms with Crippen LogP contribution in [0.15, 0.2) is 35.2 Å². The van der Waals surface area contributed by atoms with E-state index in [1.165, 1.54) is 7.11 Å². The van der Waals surface area contributed by atoms with Crippen molar-refractivity contribution < 1.29 is 9.66 Å². The van der Waals surface area contributed by atoms with E-state index >= 15 is 0 Å². The second-order valence-corrected chi connectivity index (χ2v) is 3.40. The van der Waals surface area contributed by atoms with Gasteiger partial charge in [-0.25, -0.2) is 4.98 Å². The van der Waals surface area contributed by atoms with Gasteiger partial charge >= 0.3 is 5.70 Å². The van der Waals surface area contributed by atoms with Gasteiger partial charge in [-0.15, -0.1) is 0 Å². The molecule has 1 aromatic rings. The molecule has 1 aromatic heterocycles. The Hall–Kier alpha value is -2.44. The highest BCUT2D eigenvalue weighted by molar-refractivity contribution is 5.75. The summed E-state index contributed by atoms with van der Waals surface area (Å²) in [4.78, 5) is 18.0. The van der Waals surface area contributed by atoms with Crippen molar-refractivity contribution in [2.45, 2.75) is 13.0 Å². The zero-order valence-electron chi connectivity index (χ0n) is 10.1. The monoisotopic (exact) mass is 250 g/mol. The Morgan fingerprint density at radius 2 is 2.44 bits per heavy atom. The Labute approximate surface area is 104 Å². The van der Waals surface area contributed by atoms with Gasteiger partial charge in [0.05, 0.1) is 24.3 Å². The van der Waals surface area contributed by atoms with E-state index in [1.807, 2.05) is 0 Å². The second kappa shape index (κ2) is 6.33. The first-order valence-corrected chi connectivity index (χ1v) is 5.18. The molecule has 0 saturated carbocycles. The van der Waals surface area contributed by atoms with Crippen molar-refractivity contribution in [1.82, 2.24) is 4.98 Å². The van der Waals surface area contributed by atoms with Gasteiger partial charge in [0, 0.05) is 11.8 Å². The molecule has 7 heteroatoms. The average molecular weight is 250 g/mol. The van der Waals surface area contributed by atoms with Gasteiger partial charge < -0.3 is 10.5 Å². The molecule has 1 heterocycles. The number of ether oxygens (including phenoxy) is 1. The molecule has 0 radical (unpaired) electrons. The summed E-state index contributed by atoms with van der Waals surface area (Å²) in [5.41, 5.74) is 5.61. The van der Waals surface area contributed by atoms with E-state index in [-0.39, 0.29) is 11.7 Å². The molecule has 1 atom stereocenters. The number of nitrogens with two attached hydrogens (primary N) is 1. The van der Waals surface area contributed by atoms with Crippen molar-refractivity contribution in [2.24, 2.45) is 10.7 Å². The predicted octanol–water partition coefficient (Wildman–Crippen LogP) is 1.30. The Morgan fingerprint density at radius 1 is 1.72 bits per heavy atom. The fourth-order valence-corrected chi connectivity index (χ4v) is 1.31. The van der Waals surface area contributed by atoms with E-state index in [1.54, 1.807) is 25.3 Å². The van der Waals surface area contributed by atoms with Crippen molar-refractivity contribution in [3.63, 3.8) is 0 Å². The molecule has 18 heavy (non-hydrogen) atoms. The van der Waals surface area contributed by atoms with Gasteiger partial charge in [0.1, 0.15) is 6.21 Å². The third kappa shape index (κ3) is 3.27. The number of pyridine rings is 1.